The number of carbonyl (C=O) groups excluding carboxylic acids is 1. The van der Waals surface area contributed by atoms with Crippen molar-refractivity contribution in [2.75, 3.05) is 17.2 Å². The lowest BCUT2D eigenvalue weighted by Crippen LogP contribution is -2.26. The van der Waals surface area contributed by atoms with Crippen molar-refractivity contribution in [3.05, 3.63) is 16.0 Å². The van der Waals surface area contributed by atoms with Crippen LogP contribution in [-0.2, 0) is 4.79 Å². The van der Waals surface area contributed by atoms with Crippen molar-refractivity contribution in [2.24, 2.45) is 5.92 Å². The lowest BCUT2D eigenvalue weighted by Gasteiger charge is -2.13. The third-order valence-corrected chi connectivity index (χ3v) is 3.38. The number of thiol groups is 1. The van der Waals surface area contributed by atoms with Crippen LogP contribution < -0.4 is 4.90 Å². The SMILES string of the molecule is O=C1CC(CS)CN1c1ncc(I)cn1. The highest BCUT2D eigenvalue weighted by Crippen LogP contribution is 2.22. The van der Waals surface area contributed by atoms with Crippen molar-refractivity contribution < 1.29 is 4.79 Å². The molecule has 1 unspecified atom stereocenters. The van der Waals surface area contributed by atoms with Crippen molar-refractivity contribution in [1.29, 1.82) is 0 Å². The van der Waals surface area contributed by atoms with Crippen molar-refractivity contribution in [1.82, 2.24) is 9.97 Å². The van der Waals surface area contributed by atoms with Crippen molar-refractivity contribution in [3.63, 3.8) is 0 Å². The van der Waals surface area contributed by atoms with Gasteiger partial charge in [0.05, 0.1) is 0 Å². The molecule has 4 nitrogen and oxygen atoms in total. The number of nitrogens with zero attached hydrogens (tertiary/aromatic N) is 3. The minimum Gasteiger partial charge on any atom is -0.280 e. The Hall–Kier alpha value is -0.370. The summed E-state index contributed by atoms with van der Waals surface area (Å²) in [6.07, 6.45) is 3.98. The Labute approximate surface area is 107 Å². The van der Waals surface area contributed by atoms with E-state index in [1.165, 1.54) is 0 Å². The van der Waals surface area contributed by atoms with Gasteiger partial charge in [0.25, 0.3) is 0 Å². The lowest BCUT2D eigenvalue weighted by molar-refractivity contribution is -0.117. The summed E-state index contributed by atoms with van der Waals surface area (Å²) in [5, 5.41) is 0. The number of aromatic nitrogens is 2. The zero-order chi connectivity index (χ0) is 10.8. The minimum absolute atomic E-state index is 0.0928. The first-order valence-corrected chi connectivity index (χ1v) is 6.30. The maximum absolute atomic E-state index is 11.6. The second-order valence-electron chi connectivity index (χ2n) is 3.46. The van der Waals surface area contributed by atoms with Crippen LogP contribution >= 0.6 is 35.2 Å². The first-order chi connectivity index (χ1) is 7.20. The average Bonchev–Trinajstić information content (AvgIpc) is 2.61. The lowest BCUT2D eigenvalue weighted by atomic mass is 10.1. The van der Waals surface area contributed by atoms with Crippen LogP contribution in [0.4, 0.5) is 5.95 Å². The molecule has 0 saturated carbocycles. The van der Waals surface area contributed by atoms with E-state index in [9.17, 15) is 4.79 Å². The molecule has 1 aromatic heterocycles. The maximum Gasteiger partial charge on any atom is 0.232 e. The van der Waals surface area contributed by atoms with E-state index in [1.54, 1.807) is 17.3 Å². The van der Waals surface area contributed by atoms with Gasteiger partial charge in [-0.15, -0.1) is 0 Å². The van der Waals surface area contributed by atoms with Gasteiger partial charge in [-0.25, -0.2) is 9.97 Å². The van der Waals surface area contributed by atoms with Crippen LogP contribution in [0.5, 0.6) is 0 Å². The van der Waals surface area contributed by atoms with Crippen LogP contribution in [0.15, 0.2) is 12.4 Å². The zero-order valence-corrected chi connectivity index (χ0v) is 11.0. The molecule has 0 aliphatic carbocycles. The van der Waals surface area contributed by atoms with Gasteiger partial charge < -0.3 is 0 Å². The van der Waals surface area contributed by atoms with Crippen LogP contribution in [0.2, 0.25) is 0 Å². The second kappa shape index (κ2) is 4.65. The van der Waals surface area contributed by atoms with E-state index in [0.29, 0.717) is 24.8 Å². The number of hydrogen-bond acceptors (Lipinski definition) is 4. The molecule has 1 aliphatic rings. The van der Waals surface area contributed by atoms with Gasteiger partial charge in [0.2, 0.25) is 11.9 Å². The summed E-state index contributed by atoms with van der Waals surface area (Å²) >= 11 is 6.34. The first-order valence-electron chi connectivity index (χ1n) is 4.59. The van der Waals surface area contributed by atoms with Gasteiger partial charge in [-0.2, -0.15) is 12.6 Å². The molecule has 1 aromatic rings. The summed E-state index contributed by atoms with van der Waals surface area (Å²) < 4.78 is 0.966. The van der Waals surface area contributed by atoms with Gasteiger partial charge in [-0.3, -0.25) is 9.69 Å². The molecule has 2 rings (SSSR count). The van der Waals surface area contributed by atoms with E-state index >= 15 is 0 Å². The Bertz CT molecular complexity index is 370. The Kier molecular flexibility index (Phi) is 3.45. The molecule has 1 aliphatic heterocycles. The maximum atomic E-state index is 11.6. The molecule has 0 spiro atoms. The summed E-state index contributed by atoms with van der Waals surface area (Å²) in [4.78, 5) is 21.6. The molecule has 1 amide bonds. The molecule has 1 atom stereocenters. The summed E-state index contributed by atoms with van der Waals surface area (Å²) in [7, 11) is 0. The fraction of sp³-hybridized carbons (Fsp3) is 0.444. The zero-order valence-electron chi connectivity index (χ0n) is 7.93. The third-order valence-electron chi connectivity index (χ3n) is 2.31. The molecule has 2 heterocycles. The predicted molar refractivity (Wildman–Crippen MR) is 69.1 cm³/mol. The summed E-state index contributed by atoms with van der Waals surface area (Å²) in [6, 6.07) is 0. The highest BCUT2D eigenvalue weighted by Gasteiger charge is 2.31. The smallest absolute Gasteiger partial charge is 0.232 e. The van der Waals surface area contributed by atoms with Crippen LogP contribution in [0, 0.1) is 9.49 Å². The summed E-state index contributed by atoms with van der Waals surface area (Å²) in [5.74, 6) is 1.65. The average molecular weight is 335 g/mol. The van der Waals surface area contributed by atoms with Gasteiger partial charge in [0.15, 0.2) is 0 Å². The van der Waals surface area contributed by atoms with E-state index < -0.39 is 0 Å². The Morgan fingerprint density at radius 2 is 2.20 bits per heavy atom. The third kappa shape index (κ3) is 2.41. The molecular weight excluding hydrogens is 325 g/mol. The topological polar surface area (TPSA) is 46.1 Å². The molecule has 0 aromatic carbocycles. The predicted octanol–water partition coefficient (Wildman–Crippen LogP) is 1.36. The summed E-state index contributed by atoms with van der Waals surface area (Å²) in [6.45, 7) is 0.683. The number of halogens is 1. The molecule has 15 heavy (non-hydrogen) atoms. The molecular formula is C9H10IN3OS. The Balaban J connectivity index is 2.18. The Morgan fingerprint density at radius 1 is 1.53 bits per heavy atom. The monoisotopic (exact) mass is 335 g/mol. The highest BCUT2D eigenvalue weighted by molar-refractivity contribution is 14.1. The minimum atomic E-state index is 0.0928. The number of rotatable bonds is 2. The van der Waals surface area contributed by atoms with Crippen molar-refractivity contribution in [3.8, 4) is 0 Å². The molecule has 1 fully saturated rings. The fourth-order valence-corrected chi connectivity index (χ4v) is 2.07. The molecule has 0 bridgehead atoms. The van der Waals surface area contributed by atoms with Crippen molar-refractivity contribution >= 4 is 47.1 Å². The number of amides is 1. The number of hydrogen-bond donors (Lipinski definition) is 1. The number of anilines is 1. The van der Waals surface area contributed by atoms with E-state index in [-0.39, 0.29) is 5.91 Å². The van der Waals surface area contributed by atoms with Crippen LogP contribution in [0.1, 0.15) is 6.42 Å². The van der Waals surface area contributed by atoms with Gasteiger partial charge in [-0.1, -0.05) is 0 Å². The normalized spacial score (nSPS) is 21.1. The van der Waals surface area contributed by atoms with Crippen LogP contribution in [0.3, 0.4) is 0 Å². The van der Waals surface area contributed by atoms with Crippen LogP contribution in [0.25, 0.3) is 0 Å². The van der Waals surface area contributed by atoms with Gasteiger partial charge >= 0.3 is 0 Å². The molecule has 0 radical (unpaired) electrons. The number of carbonyl (C=O) groups is 1. The van der Waals surface area contributed by atoms with E-state index in [2.05, 4.69) is 45.2 Å². The molecule has 0 N–H and O–H groups in total. The van der Waals surface area contributed by atoms with E-state index in [4.69, 9.17) is 0 Å². The van der Waals surface area contributed by atoms with E-state index in [0.717, 1.165) is 9.32 Å². The van der Waals surface area contributed by atoms with E-state index in [1.807, 2.05) is 0 Å². The van der Waals surface area contributed by atoms with Gasteiger partial charge in [0.1, 0.15) is 0 Å². The highest BCUT2D eigenvalue weighted by atomic mass is 127. The van der Waals surface area contributed by atoms with Gasteiger partial charge in [-0.05, 0) is 34.3 Å². The fourth-order valence-electron chi connectivity index (χ4n) is 1.54. The quantitative estimate of drug-likeness (QED) is 0.656. The molecule has 80 valence electrons. The molecule has 6 heteroatoms. The molecule has 1 saturated heterocycles. The largest absolute Gasteiger partial charge is 0.280 e. The van der Waals surface area contributed by atoms with Crippen LogP contribution in [-0.4, -0.2) is 28.2 Å². The Morgan fingerprint density at radius 3 is 2.73 bits per heavy atom. The van der Waals surface area contributed by atoms with Gasteiger partial charge in [0, 0.05) is 28.9 Å². The second-order valence-corrected chi connectivity index (χ2v) is 5.07. The standard InChI is InChI=1S/C9H10IN3OS/c10-7-2-11-9(12-3-7)13-4-6(5-15)1-8(13)14/h2-3,6,15H,1,4-5H2. The van der Waals surface area contributed by atoms with Crippen molar-refractivity contribution in [2.45, 2.75) is 6.42 Å². The first kappa shape index (κ1) is 11.1. The summed E-state index contributed by atoms with van der Waals surface area (Å²) in [5.41, 5.74) is 0.